The van der Waals surface area contributed by atoms with Gasteiger partial charge >= 0.3 is 0 Å². The lowest BCUT2D eigenvalue weighted by atomic mass is 10.5. The topological polar surface area (TPSA) is 20.2 Å². The minimum Gasteiger partial charge on any atom is -0.395 e. The van der Waals surface area contributed by atoms with Crippen LogP contribution in [-0.4, -0.2) is 21.2 Å². The van der Waals surface area contributed by atoms with E-state index < -0.39 is 0 Å². The highest BCUT2D eigenvalue weighted by Crippen LogP contribution is 2.61. The van der Waals surface area contributed by atoms with Crippen molar-refractivity contribution in [3.8, 4) is 0 Å². The van der Waals surface area contributed by atoms with Crippen molar-refractivity contribution in [2.45, 2.75) is 42.1 Å². The summed E-state index contributed by atoms with van der Waals surface area (Å²) in [6, 6.07) is 0. The fraction of sp³-hybridized carbons (Fsp3) is 1.00. The molecule has 2 fully saturated rings. The van der Waals surface area contributed by atoms with Gasteiger partial charge in [-0.1, -0.05) is 21.6 Å². The maximum atomic E-state index is 9.04. The summed E-state index contributed by atoms with van der Waals surface area (Å²) >= 11 is 0. The minimum absolute atomic E-state index is 0.274. The van der Waals surface area contributed by atoms with Gasteiger partial charge in [-0.2, -0.15) is 0 Å². The summed E-state index contributed by atoms with van der Waals surface area (Å²) in [5.74, 6) is 0. The Morgan fingerprint density at radius 1 is 1.18 bits per heavy atom. The van der Waals surface area contributed by atoms with Gasteiger partial charge in [0.1, 0.15) is 0 Å². The molecular formula is C8H14OS2. The zero-order valence-corrected chi connectivity index (χ0v) is 8.43. The lowest BCUT2D eigenvalue weighted by Crippen LogP contribution is -2.08. The Bertz CT molecular complexity index is 161. The molecule has 2 aliphatic carbocycles. The number of aliphatic hydroxyl groups is 1. The fourth-order valence-electron chi connectivity index (χ4n) is 0.856. The molecule has 0 amide bonds. The lowest BCUT2D eigenvalue weighted by Gasteiger charge is -2.13. The fourth-order valence-corrected chi connectivity index (χ4v) is 4.12. The van der Waals surface area contributed by atoms with Gasteiger partial charge in [0.2, 0.25) is 0 Å². The molecule has 0 unspecified atom stereocenters. The molecule has 0 aliphatic heterocycles. The van der Waals surface area contributed by atoms with E-state index in [2.05, 4.69) is 6.92 Å². The Morgan fingerprint density at radius 2 is 1.82 bits per heavy atom. The van der Waals surface area contributed by atoms with Gasteiger partial charge in [-0.15, -0.1) is 0 Å². The van der Waals surface area contributed by atoms with Crippen LogP contribution in [0.3, 0.4) is 0 Å². The third kappa shape index (κ3) is 1.87. The Kier molecular flexibility index (Phi) is 1.93. The van der Waals surface area contributed by atoms with E-state index in [9.17, 15) is 0 Å². The normalized spacial score (nSPS) is 30.0. The first-order valence-corrected chi connectivity index (χ1v) is 6.31. The molecule has 0 aromatic heterocycles. The van der Waals surface area contributed by atoms with Gasteiger partial charge in [0.05, 0.1) is 6.61 Å². The highest BCUT2D eigenvalue weighted by atomic mass is 33.1. The van der Waals surface area contributed by atoms with E-state index in [4.69, 9.17) is 5.11 Å². The Morgan fingerprint density at radius 3 is 2.18 bits per heavy atom. The maximum Gasteiger partial charge on any atom is 0.0586 e. The van der Waals surface area contributed by atoms with E-state index in [0.29, 0.717) is 11.4 Å². The van der Waals surface area contributed by atoms with Crippen LogP contribution in [0.25, 0.3) is 0 Å². The van der Waals surface area contributed by atoms with Crippen molar-refractivity contribution in [3.05, 3.63) is 0 Å². The summed E-state index contributed by atoms with van der Waals surface area (Å²) in [7, 11) is 3.92. The van der Waals surface area contributed by atoms with E-state index >= 15 is 0 Å². The maximum absolute atomic E-state index is 9.04. The van der Waals surface area contributed by atoms with Crippen molar-refractivity contribution in [1.82, 2.24) is 0 Å². The van der Waals surface area contributed by atoms with E-state index in [1.807, 2.05) is 21.6 Å². The first-order valence-electron chi connectivity index (χ1n) is 4.16. The number of hydrogen-bond acceptors (Lipinski definition) is 3. The number of aliphatic hydroxyl groups excluding tert-OH is 1. The van der Waals surface area contributed by atoms with Crippen LogP contribution in [0.4, 0.5) is 0 Å². The van der Waals surface area contributed by atoms with E-state index in [1.54, 1.807) is 0 Å². The van der Waals surface area contributed by atoms with Crippen LogP contribution in [0.2, 0.25) is 0 Å². The average molecular weight is 190 g/mol. The monoisotopic (exact) mass is 190 g/mol. The molecule has 0 saturated heterocycles. The van der Waals surface area contributed by atoms with Crippen molar-refractivity contribution in [1.29, 1.82) is 0 Å². The molecule has 0 aromatic carbocycles. The summed E-state index contributed by atoms with van der Waals surface area (Å²) < 4.78 is 0.839. The van der Waals surface area contributed by atoms with Crippen molar-refractivity contribution in [2.24, 2.45) is 0 Å². The molecule has 3 heteroatoms. The van der Waals surface area contributed by atoms with Crippen LogP contribution >= 0.6 is 21.6 Å². The van der Waals surface area contributed by atoms with Gasteiger partial charge in [0.25, 0.3) is 0 Å². The molecule has 1 nitrogen and oxygen atoms in total. The van der Waals surface area contributed by atoms with Crippen LogP contribution in [0.5, 0.6) is 0 Å². The Hall–Kier alpha value is 0.660. The predicted octanol–water partition coefficient (Wildman–Crippen LogP) is 2.45. The second-order valence-electron chi connectivity index (χ2n) is 3.96. The summed E-state index contributed by atoms with van der Waals surface area (Å²) in [5, 5.41) is 9.04. The van der Waals surface area contributed by atoms with Gasteiger partial charge in [-0.3, -0.25) is 0 Å². The van der Waals surface area contributed by atoms with E-state index in [1.165, 1.54) is 25.7 Å². The summed E-state index contributed by atoms with van der Waals surface area (Å²) in [6.07, 6.45) is 5.17. The number of rotatable bonds is 4. The second kappa shape index (κ2) is 2.57. The zero-order chi connectivity index (χ0) is 7.95. The molecule has 2 aliphatic rings. The molecule has 2 rings (SSSR count). The summed E-state index contributed by atoms with van der Waals surface area (Å²) in [4.78, 5) is 0. The molecular weight excluding hydrogens is 176 g/mol. The molecule has 1 N–H and O–H groups in total. The lowest BCUT2D eigenvalue weighted by molar-refractivity contribution is 0.289. The second-order valence-corrected chi connectivity index (χ2v) is 7.14. The smallest absolute Gasteiger partial charge is 0.0586 e. The van der Waals surface area contributed by atoms with E-state index in [-0.39, 0.29) is 4.75 Å². The van der Waals surface area contributed by atoms with E-state index in [0.717, 1.165) is 0 Å². The SMILES string of the molecule is CC1(SSC2(CO)CC2)CC1. The van der Waals surface area contributed by atoms with Crippen LogP contribution in [0.1, 0.15) is 32.6 Å². The Balaban J connectivity index is 1.74. The first kappa shape index (κ1) is 8.27. The third-order valence-electron chi connectivity index (χ3n) is 2.47. The largest absolute Gasteiger partial charge is 0.395 e. The van der Waals surface area contributed by atoms with Crippen LogP contribution < -0.4 is 0 Å². The third-order valence-corrected chi connectivity index (χ3v) is 6.77. The van der Waals surface area contributed by atoms with Gasteiger partial charge < -0.3 is 5.11 Å². The molecule has 11 heavy (non-hydrogen) atoms. The quantitative estimate of drug-likeness (QED) is 0.688. The van der Waals surface area contributed by atoms with Crippen LogP contribution in [-0.2, 0) is 0 Å². The molecule has 64 valence electrons. The molecule has 0 atom stereocenters. The van der Waals surface area contributed by atoms with Crippen LogP contribution in [0, 0.1) is 0 Å². The standard InChI is InChI=1S/C8H14OS2/c1-7(2-3-7)10-11-8(6-9)4-5-8/h9H,2-6H2,1H3. The summed E-state index contributed by atoms with van der Waals surface area (Å²) in [6.45, 7) is 2.69. The van der Waals surface area contributed by atoms with Crippen LogP contribution in [0.15, 0.2) is 0 Å². The predicted molar refractivity (Wildman–Crippen MR) is 51.9 cm³/mol. The number of hydrogen-bond donors (Lipinski definition) is 1. The highest BCUT2D eigenvalue weighted by molar-refractivity contribution is 8.77. The van der Waals surface area contributed by atoms with Crippen molar-refractivity contribution in [3.63, 3.8) is 0 Å². The average Bonchev–Trinajstić information content (AvgIpc) is 2.85. The van der Waals surface area contributed by atoms with Crippen molar-refractivity contribution < 1.29 is 5.11 Å². The summed E-state index contributed by atoms with van der Waals surface area (Å²) in [5.41, 5.74) is 0. The molecule has 0 spiro atoms. The molecule has 0 radical (unpaired) electrons. The molecule has 0 bridgehead atoms. The molecule has 0 aromatic rings. The van der Waals surface area contributed by atoms with Gasteiger partial charge in [0, 0.05) is 9.49 Å². The van der Waals surface area contributed by atoms with Gasteiger partial charge in [-0.25, -0.2) is 0 Å². The first-order chi connectivity index (χ1) is 5.18. The zero-order valence-electron chi connectivity index (χ0n) is 6.80. The minimum atomic E-state index is 0.274. The highest BCUT2D eigenvalue weighted by Gasteiger charge is 2.47. The Labute approximate surface area is 75.7 Å². The van der Waals surface area contributed by atoms with Gasteiger partial charge in [-0.05, 0) is 32.6 Å². The molecule has 0 heterocycles. The van der Waals surface area contributed by atoms with Crippen molar-refractivity contribution >= 4 is 21.6 Å². The molecule has 2 saturated carbocycles. The van der Waals surface area contributed by atoms with Crippen molar-refractivity contribution in [2.75, 3.05) is 6.61 Å². The van der Waals surface area contributed by atoms with Gasteiger partial charge in [0.15, 0.2) is 0 Å².